The molecule has 0 heterocycles. The number of hydrogen-bond acceptors (Lipinski definition) is 2. The van der Waals surface area contributed by atoms with Gasteiger partial charge in [0.2, 0.25) is 5.91 Å². The number of carbonyl (C=O) groups is 1. The summed E-state index contributed by atoms with van der Waals surface area (Å²) in [5.41, 5.74) is 1.93. The highest BCUT2D eigenvalue weighted by Gasteiger charge is 2.10. The SMILES string of the molecule is CCC(C)C(=O)Nc1ccc(OCc2ccccc2)cc1. The molecule has 0 saturated carbocycles. The summed E-state index contributed by atoms with van der Waals surface area (Å²) in [5.74, 6) is 0.870. The lowest BCUT2D eigenvalue weighted by Crippen LogP contribution is -2.19. The third-order valence-corrected chi connectivity index (χ3v) is 3.43. The molecule has 1 amide bonds. The van der Waals surface area contributed by atoms with Gasteiger partial charge in [-0.25, -0.2) is 0 Å². The van der Waals surface area contributed by atoms with Gasteiger partial charge in [0.05, 0.1) is 0 Å². The summed E-state index contributed by atoms with van der Waals surface area (Å²) in [6.45, 7) is 4.47. The largest absolute Gasteiger partial charge is 0.489 e. The van der Waals surface area contributed by atoms with Crippen molar-refractivity contribution in [2.24, 2.45) is 5.92 Å². The van der Waals surface area contributed by atoms with E-state index in [9.17, 15) is 4.79 Å². The maximum Gasteiger partial charge on any atom is 0.227 e. The molecule has 0 aromatic heterocycles. The predicted octanol–water partition coefficient (Wildman–Crippen LogP) is 4.25. The molecule has 3 nitrogen and oxygen atoms in total. The summed E-state index contributed by atoms with van der Waals surface area (Å²) in [6, 6.07) is 17.5. The van der Waals surface area contributed by atoms with Crippen molar-refractivity contribution in [2.45, 2.75) is 26.9 Å². The molecule has 1 unspecified atom stereocenters. The molecule has 1 N–H and O–H groups in total. The monoisotopic (exact) mass is 283 g/mol. The number of hydrogen-bond donors (Lipinski definition) is 1. The number of rotatable bonds is 6. The van der Waals surface area contributed by atoms with Gasteiger partial charge >= 0.3 is 0 Å². The van der Waals surface area contributed by atoms with Crippen molar-refractivity contribution in [3.63, 3.8) is 0 Å². The van der Waals surface area contributed by atoms with Crippen LogP contribution < -0.4 is 10.1 Å². The zero-order chi connectivity index (χ0) is 15.1. The van der Waals surface area contributed by atoms with E-state index < -0.39 is 0 Å². The van der Waals surface area contributed by atoms with Gasteiger partial charge < -0.3 is 10.1 Å². The first-order valence-electron chi connectivity index (χ1n) is 7.26. The van der Waals surface area contributed by atoms with Crippen molar-refractivity contribution in [1.29, 1.82) is 0 Å². The fourth-order valence-electron chi connectivity index (χ4n) is 1.83. The van der Waals surface area contributed by atoms with E-state index in [0.29, 0.717) is 6.61 Å². The van der Waals surface area contributed by atoms with Crippen LogP contribution in [0.15, 0.2) is 54.6 Å². The van der Waals surface area contributed by atoms with Gasteiger partial charge in [-0.3, -0.25) is 4.79 Å². The first-order chi connectivity index (χ1) is 10.2. The Hall–Kier alpha value is -2.29. The van der Waals surface area contributed by atoms with Crippen molar-refractivity contribution in [1.82, 2.24) is 0 Å². The van der Waals surface area contributed by atoms with E-state index in [1.54, 1.807) is 0 Å². The maximum absolute atomic E-state index is 11.8. The summed E-state index contributed by atoms with van der Waals surface area (Å²) in [4.78, 5) is 11.8. The summed E-state index contributed by atoms with van der Waals surface area (Å²) < 4.78 is 5.71. The molecule has 2 aromatic carbocycles. The highest BCUT2D eigenvalue weighted by Crippen LogP contribution is 2.18. The van der Waals surface area contributed by atoms with Crippen LogP contribution in [0.3, 0.4) is 0 Å². The van der Waals surface area contributed by atoms with Crippen LogP contribution in [0.25, 0.3) is 0 Å². The first kappa shape index (κ1) is 15.1. The van der Waals surface area contributed by atoms with Gasteiger partial charge in [0, 0.05) is 11.6 Å². The van der Waals surface area contributed by atoms with Gasteiger partial charge in [-0.1, -0.05) is 44.2 Å². The number of benzene rings is 2. The van der Waals surface area contributed by atoms with Crippen LogP contribution in [0.1, 0.15) is 25.8 Å². The molecule has 3 heteroatoms. The summed E-state index contributed by atoms with van der Waals surface area (Å²) >= 11 is 0. The van der Waals surface area contributed by atoms with E-state index in [1.807, 2.05) is 68.4 Å². The fraction of sp³-hybridized carbons (Fsp3) is 0.278. The average molecular weight is 283 g/mol. The fourth-order valence-corrected chi connectivity index (χ4v) is 1.83. The van der Waals surface area contributed by atoms with Crippen LogP contribution >= 0.6 is 0 Å². The Morgan fingerprint density at radius 3 is 2.38 bits per heavy atom. The van der Waals surface area contributed by atoms with Crippen LogP contribution in [0.5, 0.6) is 5.75 Å². The Balaban J connectivity index is 1.88. The Morgan fingerprint density at radius 2 is 1.76 bits per heavy atom. The van der Waals surface area contributed by atoms with E-state index in [-0.39, 0.29) is 11.8 Å². The molecule has 0 aliphatic heterocycles. The van der Waals surface area contributed by atoms with E-state index in [0.717, 1.165) is 23.4 Å². The average Bonchev–Trinajstić information content (AvgIpc) is 2.54. The minimum Gasteiger partial charge on any atom is -0.489 e. The third-order valence-electron chi connectivity index (χ3n) is 3.43. The Labute approximate surface area is 126 Å². The Morgan fingerprint density at radius 1 is 1.10 bits per heavy atom. The molecular weight excluding hydrogens is 262 g/mol. The second-order valence-corrected chi connectivity index (χ2v) is 5.10. The minimum atomic E-state index is 0.0269. The summed E-state index contributed by atoms with van der Waals surface area (Å²) in [6.07, 6.45) is 0.837. The van der Waals surface area contributed by atoms with E-state index in [4.69, 9.17) is 4.74 Å². The van der Waals surface area contributed by atoms with Crippen molar-refractivity contribution in [3.8, 4) is 5.75 Å². The molecule has 0 bridgehead atoms. The van der Waals surface area contributed by atoms with Crippen LogP contribution in [0.4, 0.5) is 5.69 Å². The van der Waals surface area contributed by atoms with Crippen LogP contribution in [0.2, 0.25) is 0 Å². The van der Waals surface area contributed by atoms with Crippen LogP contribution in [0, 0.1) is 5.92 Å². The predicted molar refractivity (Wildman–Crippen MR) is 85.3 cm³/mol. The Bertz CT molecular complexity index is 564. The molecule has 2 aromatic rings. The zero-order valence-corrected chi connectivity index (χ0v) is 12.5. The lowest BCUT2D eigenvalue weighted by atomic mass is 10.1. The van der Waals surface area contributed by atoms with Gasteiger partial charge in [-0.2, -0.15) is 0 Å². The van der Waals surface area contributed by atoms with Crippen molar-refractivity contribution in [3.05, 3.63) is 60.2 Å². The smallest absolute Gasteiger partial charge is 0.227 e. The standard InChI is InChI=1S/C18H21NO2/c1-3-14(2)18(20)19-16-9-11-17(12-10-16)21-13-15-7-5-4-6-8-15/h4-12,14H,3,13H2,1-2H3,(H,19,20). The van der Waals surface area contributed by atoms with Crippen molar-refractivity contribution in [2.75, 3.05) is 5.32 Å². The van der Waals surface area contributed by atoms with E-state index in [1.165, 1.54) is 0 Å². The van der Waals surface area contributed by atoms with Crippen LogP contribution in [-0.4, -0.2) is 5.91 Å². The number of nitrogens with one attached hydrogen (secondary N) is 1. The van der Waals surface area contributed by atoms with Crippen molar-refractivity contribution >= 4 is 11.6 Å². The molecule has 1 atom stereocenters. The second kappa shape index (κ2) is 7.48. The Kier molecular flexibility index (Phi) is 5.38. The molecular formula is C18H21NO2. The quantitative estimate of drug-likeness (QED) is 0.860. The zero-order valence-electron chi connectivity index (χ0n) is 12.5. The van der Waals surface area contributed by atoms with Crippen molar-refractivity contribution < 1.29 is 9.53 Å². The maximum atomic E-state index is 11.8. The van der Waals surface area contributed by atoms with Gasteiger partial charge in [0.1, 0.15) is 12.4 Å². The lowest BCUT2D eigenvalue weighted by Gasteiger charge is -2.11. The molecule has 0 saturated heterocycles. The summed E-state index contributed by atoms with van der Waals surface area (Å²) in [7, 11) is 0. The molecule has 0 fully saturated rings. The molecule has 0 spiro atoms. The highest BCUT2D eigenvalue weighted by atomic mass is 16.5. The molecule has 110 valence electrons. The topological polar surface area (TPSA) is 38.3 Å². The second-order valence-electron chi connectivity index (χ2n) is 5.10. The molecule has 21 heavy (non-hydrogen) atoms. The normalized spacial score (nSPS) is 11.7. The van der Waals surface area contributed by atoms with Crippen LogP contribution in [-0.2, 0) is 11.4 Å². The van der Waals surface area contributed by atoms with E-state index >= 15 is 0 Å². The minimum absolute atomic E-state index is 0.0269. The van der Waals surface area contributed by atoms with Gasteiger partial charge in [-0.05, 0) is 36.2 Å². The van der Waals surface area contributed by atoms with Gasteiger partial charge in [0.25, 0.3) is 0 Å². The third kappa shape index (κ3) is 4.63. The number of ether oxygens (including phenoxy) is 1. The summed E-state index contributed by atoms with van der Waals surface area (Å²) in [5, 5.41) is 2.90. The molecule has 2 rings (SSSR count). The van der Waals surface area contributed by atoms with E-state index in [2.05, 4.69) is 5.32 Å². The first-order valence-corrected chi connectivity index (χ1v) is 7.26. The lowest BCUT2D eigenvalue weighted by molar-refractivity contribution is -0.119. The number of carbonyl (C=O) groups excluding carboxylic acids is 1. The number of amides is 1. The van der Waals surface area contributed by atoms with Gasteiger partial charge in [-0.15, -0.1) is 0 Å². The molecule has 0 radical (unpaired) electrons. The highest BCUT2D eigenvalue weighted by molar-refractivity contribution is 5.92. The van der Waals surface area contributed by atoms with Gasteiger partial charge in [0.15, 0.2) is 0 Å². The molecule has 0 aliphatic carbocycles. The molecule has 0 aliphatic rings. The number of anilines is 1.